The number of carboxylic acid groups (broad SMARTS) is 1. The van der Waals surface area contributed by atoms with E-state index in [9.17, 15) is 9.90 Å². The Balaban J connectivity index is 2.58. The van der Waals surface area contributed by atoms with Crippen LogP contribution in [0.3, 0.4) is 0 Å². The first-order chi connectivity index (χ1) is 8.52. The van der Waals surface area contributed by atoms with E-state index >= 15 is 0 Å². The third kappa shape index (κ3) is 2.22. The third-order valence-corrected chi connectivity index (χ3v) is 3.38. The summed E-state index contributed by atoms with van der Waals surface area (Å²) in [6.07, 6.45) is 0.282. The fourth-order valence-corrected chi connectivity index (χ4v) is 2.18. The minimum Gasteiger partial charge on any atom is -0.480 e. The Bertz CT molecular complexity index is 603. The van der Waals surface area contributed by atoms with E-state index < -0.39 is 18.1 Å². The molecule has 18 heavy (non-hydrogen) atoms. The molecular formula is C12H11BrN2O3. The molecule has 0 radical (unpaired) electrons. The molecule has 2 rings (SSSR count). The molecule has 4 N–H and O–H groups in total. The highest BCUT2D eigenvalue weighted by molar-refractivity contribution is 9.10. The summed E-state index contributed by atoms with van der Waals surface area (Å²) < 4.78 is 0.824. The maximum absolute atomic E-state index is 10.8. The van der Waals surface area contributed by atoms with E-state index in [1.165, 1.54) is 0 Å². The molecule has 5 nitrogen and oxygen atoms in total. The molecule has 0 amide bonds. The van der Waals surface area contributed by atoms with Crippen LogP contribution in [0, 0.1) is 0 Å². The molecule has 0 aliphatic heterocycles. The number of rotatable bonds is 3. The van der Waals surface area contributed by atoms with Gasteiger partial charge >= 0.3 is 5.97 Å². The second-order valence-corrected chi connectivity index (χ2v) is 4.70. The molecule has 1 heterocycles. The number of aliphatic carboxylic acids is 1. The first-order valence-electron chi connectivity index (χ1n) is 5.22. The number of carboxylic acids is 1. The number of aliphatic hydroxyl groups is 1. The van der Waals surface area contributed by atoms with Gasteiger partial charge in [0.1, 0.15) is 12.1 Å². The highest BCUT2D eigenvalue weighted by Gasteiger charge is 2.25. The van der Waals surface area contributed by atoms with Crippen LogP contribution in [0.25, 0.3) is 10.9 Å². The smallest absolute Gasteiger partial charge is 0.323 e. The van der Waals surface area contributed by atoms with Crippen LogP contribution in [0.1, 0.15) is 11.7 Å². The normalized spacial score (nSPS) is 14.4. The van der Waals surface area contributed by atoms with Crippen LogP contribution < -0.4 is 5.73 Å². The van der Waals surface area contributed by atoms with Crippen molar-refractivity contribution in [1.29, 1.82) is 0 Å². The molecule has 0 spiro atoms. The second-order valence-electron chi connectivity index (χ2n) is 3.85. The molecule has 6 heteroatoms. The highest BCUT2D eigenvalue weighted by atomic mass is 79.9. The van der Waals surface area contributed by atoms with Gasteiger partial charge in [-0.15, -0.1) is 0 Å². The van der Waals surface area contributed by atoms with Gasteiger partial charge in [-0.05, 0) is 12.1 Å². The van der Waals surface area contributed by atoms with Crippen LogP contribution in [0.2, 0.25) is 0 Å². The van der Waals surface area contributed by atoms with Crippen molar-refractivity contribution in [2.45, 2.75) is 12.1 Å². The van der Waals surface area contributed by atoms with E-state index in [2.05, 4.69) is 20.9 Å². The highest BCUT2D eigenvalue weighted by Crippen LogP contribution is 2.29. The van der Waals surface area contributed by atoms with Crippen LogP contribution in [-0.2, 0) is 4.79 Å². The van der Waals surface area contributed by atoms with Crippen LogP contribution in [0.4, 0.5) is 0 Å². The zero-order chi connectivity index (χ0) is 13.3. The number of fused-ring (bicyclic) bond motifs is 1. The zero-order valence-electron chi connectivity index (χ0n) is 9.25. The molecule has 0 bridgehead atoms. The lowest BCUT2D eigenvalue weighted by atomic mass is 10.00. The van der Waals surface area contributed by atoms with E-state index in [-0.39, 0.29) is 0 Å². The summed E-state index contributed by atoms with van der Waals surface area (Å²) in [5, 5.41) is 19.6. The van der Waals surface area contributed by atoms with Crippen molar-refractivity contribution in [3.05, 3.63) is 40.5 Å². The van der Waals surface area contributed by atoms with Crippen LogP contribution in [0.5, 0.6) is 0 Å². The summed E-state index contributed by atoms with van der Waals surface area (Å²) in [4.78, 5) is 15.0. The van der Waals surface area contributed by atoms with Crippen molar-refractivity contribution in [1.82, 2.24) is 4.98 Å². The van der Waals surface area contributed by atoms with Crippen molar-refractivity contribution >= 4 is 32.8 Å². The Kier molecular flexibility index (Phi) is 3.60. The number of aliphatic hydroxyl groups excluding tert-OH is 1. The predicted octanol–water partition coefficient (Wildman–Crippen LogP) is 1.44. The van der Waals surface area contributed by atoms with E-state index in [4.69, 9.17) is 10.8 Å². The van der Waals surface area contributed by atoms with Crippen molar-refractivity contribution in [3.8, 4) is 0 Å². The second kappa shape index (κ2) is 5.01. The molecule has 0 saturated carbocycles. The van der Waals surface area contributed by atoms with Gasteiger partial charge in [-0.3, -0.25) is 9.78 Å². The molecule has 1 aromatic heterocycles. The van der Waals surface area contributed by atoms with Crippen LogP contribution in [0.15, 0.2) is 34.9 Å². The third-order valence-electron chi connectivity index (χ3n) is 2.69. The van der Waals surface area contributed by atoms with Crippen molar-refractivity contribution < 1.29 is 15.0 Å². The molecule has 2 aromatic rings. The molecular weight excluding hydrogens is 300 g/mol. The van der Waals surface area contributed by atoms with E-state index in [0.717, 1.165) is 9.86 Å². The number of aromatic nitrogens is 1. The van der Waals surface area contributed by atoms with Gasteiger partial charge in [0.25, 0.3) is 0 Å². The summed E-state index contributed by atoms with van der Waals surface area (Å²) in [6, 6.07) is 5.57. The number of nitrogens with zero attached hydrogens (tertiary/aromatic N) is 1. The summed E-state index contributed by atoms with van der Waals surface area (Å²) in [6.45, 7) is 0. The first-order valence-corrected chi connectivity index (χ1v) is 6.01. The lowest BCUT2D eigenvalue weighted by molar-refractivity contribution is -0.141. The van der Waals surface area contributed by atoms with Gasteiger partial charge in [-0.2, -0.15) is 0 Å². The Morgan fingerprint density at radius 2 is 2.11 bits per heavy atom. The van der Waals surface area contributed by atoms with Gasteiger partial charge in [0.05, 0.1) is 5.52 Å². The minimum atomic E-state index is -1.38. The minimum absolute atomic E-state index is 0.406. The van der Waals surface area contributed by atoms with E-state index in [1.54, 1.807) is 24.4 Å². The molecule has 2 unspecified atom stereocenters. The molecule has 0 aliphatic carbocycles. The average Bonchev–Trinajstić information content (AvgIpc) is 2.38. The predicted molar refractivity (Wildman–Crippen MR) is 70.0 cm³/mol. The Hall–Kier alpha value is -1.50. The number of benzene rings is 1. The topological polar surface area (TPSA) is 96.4 Å². The van der Waals surface area contributed by atoms with Crippen LogP contribution >= 0.6 is 15.9 Å². The quantitative estimate of drug-likeness (QED) is 0.797. The molecule has 0 aliphatic rings. The number of halogens is 1. The molecule has 0 fully saturated rings. The van der Waals surface area contributed by atoms with Crippen molar-refractivity contribution in [2.24, 2.45) is 5.73 Å². The fraction of sp³-hybridized carbons (Fsp3) is 0.167. The number of carbonyl (C=O) groups is 1. The maximum atomic E-state index is 10.8. The largest absolute Gasteiger partial charge is 0.480 e. The maximum Gasteiger partial charge on any atom is 0.323 e. The molecule has 0 saturated heterocycles. The Morgan fingerprint density at radius 3 is 2.78 bits per heavy atom. The molecule has 2 atom stereocenters. The van der Waals surface area contributed by atoms with Gasteiger partial charge in [-0.25, -0.2) is 0 Å². The Labute approximate surface area is 111 Å². The number of pyridine rings is 1. The number of hydrogen-bond acceptors (Lipinski definition) is 4. The summed E-state index contributed by atoms with van der Waals surface area (Å²) in [7, 11) is 0. The van der Waals surface area contributed by atoms with Gasteiger partial charge in [0.15, 0.2) is 0 Å². The molecule has 94 valence electrons. The molecule has 1 aromatic carbocycles. The lowest BCUT2D eigenvalue weighted by Gasteiger charge is -2.17. The monoisotopic (exact) mass is 310 g/mol. The zero-order valence-corrected chi connectivity index (χ0v) is 10.8. The van der Waals surface area contributed by atoms with Gasteiger partial charge in [-0.1, -0.05) is 28.1 Å². The van der Waals surface area contributed by atoms with Gasteiger partial charge in [0.2, 0.25) is 0 Å². The van der Waals surface area contributed by atoms with Crippen molar-refractivity contribution in [2.75, 3.05) is 0 Å². The van der Waals surface area contributed by atoms with E-state index in [1.807, 2.05) is 6.07 Å². The SMILES string of the molecule is NC(C(=O)O)C(O)c1ccc(Br)c2cccnc12. The number of hydrogen-bond donors (Lipinski definition) is 3. The van der Waals surface area contributed by atoms with Crippen LogP contribution in [-0.4, -0.2) is 27.2 Å². The lowest BCUT2D eigenvalue weighted by Crippen LogP contribution is -2.36. The van der Waals surface area contributed by atoms with Gasteiger partial charge in [0, 0.05) is 21.6 Å². The summed E-state index contributed by atoms with van der Waals surface area (Å²) in [5.41, 5.74) is 6.38. The Morgan fingerprint density at radius 1 is 1.39 bits per heavy atom. The standard InChI is InChI=1S/C12H11BrN2O3/c13-8-4-3-7(11(16)9(14)12(17)18)10-6(8)2-1-5-15-10/h1-5,9,11,16H,14H2,(H,17,18). The van der Waals surface area contributed by atoms with Gasteiger partial charge < -0.3 is 15.9 Å². The summed E-state index contributed by atoms with van der Waals surface area (Å²) >= 11 is 3.38. The summed E-state index contributed by atoms with van der Waals surface area (Å²) in [5.74, 6) is -1.26. The fourth-order valence-electron chi connectivity index (χ4n) is 1.73. The first kappa shape index (κ1) is 12.9. The van der Waals surface area contributed by atoms with Crippen molar-refractivity contribution in [3.63, 3.8) is 0 Å². The number of nitrogens with two attached hydrogens (primary N) is 1. The average molecular weight is 311 g/mol. The van der Waals surface area contributed by atoms with E-state index in [0.29, 0.717) is 11.1 Å².